The number of methoxy groups -OCH3 is 3. The molecule has 1 amide bonds. The summed E-state index contributed by atoms with van der Waals surface area (Å²) in [6.07, 6.45) is 9.02. The number of carbonyl (C=O) groups excluding carboxylic acids is 5. The molecule has 0 aromatic rings. The van der Waals surface area contributed by atoms with Gasteiger partial charge < -0.3 is 48.6 Å². The van der Waals surface area contributed by atoms with Crippen LogP contribution in [0.15, 0.2) is 35.5 Å². The molecule has 374 valence electrons. The van der Waals surface area contributed by atoms with Gasteiger partial charge in [0, 0.05) is 58.1 Å². The van der Waals surface area contributed by atoms with Crippen molar-refractivity contribution in [2.24, 2.45) is 29.6 Å². The Morgan fingerprint density at radius 3 is 2.27 bits per heavy atom. The van der Waals surface area contributed by atoms with E-state index in [1.54, 1.807) is 34.0 Å². The van der Waals surface area contributed by atoms with E-state index in [2.05, 4.69) is 6.92 Å². The summed E-state index contributed by atoms with van der Waals surface area (Å²) in [6, 6.07) is -1.18. The molecule has 0 radical (unpaired) electrons. The van der Waals surface area contributed by atoms with Crippen LogP contribution in [0.4, 0.5) is 0 Å². The van der Waals surface area contributed by atoms with Crippen LogP contribution in [0.2, 0.25) is 0 Å². The van der Waals surface area contributed by atoms with Crippen molar-refractivity contribution in [1.29, 1.82) is 0 Å². The van der Waals surface area contributed by atoms with Gasteiger partial charge in [0.05, 0.1) is 37.1 Å². The van der Waals surface area contributed by atoms with E-state index < -0.39 is 95.9 Å². The van der Waals surface area contributed by atoms with Crippen LogP contribution >= 0.6 is 0 Å². The maximum atomic E-state index is 14.5. The number of rotatable bonds is 13. The summed E-state index contributed by atoms with van der Waals surface area (Å²) in [4.78, 5) is 71.3. The van der Waals surface area contributed by atoms with Gasteiger partial charge in [0.1, 0.15) is 24.0 Å². The maximum Gasteiger partial charge on any atom is 0.330 e. The van der Waals surface area contributed by atoms with Crippen molar-refractivity contribution in [3.05, 3.63) is 35.5 Å². The van der Waals surface area contributed by atoms with Gasteiger partial charge in [-0.15, -0.1) is 0 Å². The molecule has 3 aliphatic heterocycles. The number of nitrogens with zero attached hydrogens (tertiary/aromatic N) is 1. The van der Waals surface area contributed by atoms with Gasteiger partial charge in [-0.3, -0.25) is 14.4 Å². The molecule has 0 spiro atoms. The number of ether oxygens (including phenoxy) is 6. The second kappa shape index (κ2) is 26.4. The highest BCUT2D eigenvalue weighted by Crippen LogP contribution is 2.39. The summed E-state index contributed by atoms with van der Waals surface area (Å²) in [5, 5.41) is 34.6. The first-order chi connectivity index (χ1) is 31.4. The zero-order valence-corrected chi connectivity index (χ0v) is 41.1. The molecular weight excluding hydrogens is 851 g/mol. The minimum atomic E-state index is -2.55. The van der Waals surface area contributed by atoms with E-state index in [9.17, 15) is 39.3 Å². The van der Waals surface area contributed by atoms with E-state index in [4.69, 9.17) is 28.4 Å². The van der Waals surface area contributed by atoms with E-state index in [0.29, 0.717) is 57.1 Å². The minimum Gasteiger partial charge on any atom is -0.463 e. The fourth-order valence-corrected chi connectivity index (χ4v) is 10.3. The van der Waals surface area contributed by atoms with Gasteiger partial charge >= 0.3 is 11.9 Å². The van der Waals surface area contributed by atoms with Gasteiger partial charge in [-0.2, -0.15) is 0 Å². The Balaban J connectivity index is 1.76. The Kier molecular flexibility index (Phi) is 22.2. The molecule has 1 aliphatic carbocycles. The largest absolute Gasteiger partial charge is 0.463 e. The van der Waals surface area contributed by atoms with Crippen molar-refractivity contribution >= 4 is 29.4 Å². The van der Waals surface area contributed by atoms with Gasteiger partial charge in [-0.25, -0.2) is 9.59 Å². The molecule has 15 nitrogen and oxygen atoms in total. The van der Waals surface area contributed by atoms with E-state index in [0.717, 1.165) is 31.3 Å². The normalized spacial score (nSPS) is 37.1. The number of fused-ring (bicyclic) bond motifs is 3. The van der Waals surface area contributed by atoms with Gasteiger partial charge in [-0.1, -0.05) is 70.8 Å². The summed E-state index contributed by atoms with van der Waals surface area (Å²) in [5.41, 5.74) is 1.49. The molecule has 1 saturated carbocycles. The first-order valence-electron chi connectivity index (χ1n) is 24.5. The summed E-state index contributed by atoms with van der Waals surface area (Å²) in [7, 11) is 4.57. The third-order valence-corrected chi connectivity index (χ3v) is 14.3. The first kappa shape index (κ1) is 55.3. The lowest BCUT2D eigenvalue weighted by atomic mass is 9.81. The molecule has 15 heteroatoms. The lowest BCUT2D eigenvalue weighted by Gasteiger charge is -2.47. The Morgan fingerprint density at radius 2 is 1.59 bits per heavy atom. The minimum absolute atomic E-state index is 0.0503. The molecule has 3 N–H and O–H groups in total. The molecular formula is C51H81NO14. The highest BCUT2D eigenvalue weighted by Gasteiger charge is 2.56. The van der Waals surface area contributed by atoms with Gasteiger partial charge in [0.2, 0.25) is 5.79 Å². The molecule has 0 unspecified atom stereocenters. The summed E-state index contributed by atoms with van der Waals surface area (Å²) in [6.45, 7) is 11.5. The number of esters is 2. The predicted molar refractivity (Wildman–Crippen MR) is 247 cm³/mol. The number of aliphatic hydroxyl groups excluding tert-OH is 2. The van der Waals surface area contributed by atoms with Crippen molar-refractivity contribution in [2.75, 3.05) is 34.5 Å². The van der Waals surface area contributed by atoms with E-state index in [-0.39, 0.29) is 49.8 Å². The molecule has 4 rings (SSSR count). The molecule has 0 aromatic heterocycles. The average Bonchev–Trinajstić information content (AvgIpc) is 3.29. The number of Topliss-reactive ketones (excluding diaryl/α,β-unsaturated/α-hetero) is 2. The Labute approximate surface area is 393 Å². The van der Waals surface area contributed by atoms with Crippen LogP contribution in [-0.2, 0) is 52.4 Å². The van der Waals surface area contributed by atoms with Crippen molar-refractivity contribution < 1.29 is 67.7 Å². The van der Waals surface area contributed by atoms with Crippen molar-refractivity contribution in [3.63, 3.8) is 0 Å². The molecule has 3 fully saturated rings. The number of piperidine rings is 1. The number of hydrogen-bond acceptors (Lipinski definition) is 14. The lowest BCUT2D eigenvalue weighted by Crippen LogP contribution is -2.64. The van der Waals surface area contributed by atoms with Crippen LogP contribution in [-0.4, -0.2) is 139 Å². The summed E-state index contributed by atoms with van der Waals surface area (Å²) < 4.78 is 35.3. The van der Waals surface area contributed by atoms with E-state index >= 15 is 0 Å². The zero-order valence-electron chi connectivity index (χ0n) is 41.1. The smallest absolute Gasteiger partial charge is 0.330 e. The molecule has 14 atom stereocenters. The number of hydrogen-bond donors (Lipinski definition) is 3. The van der Waals surface area contributed by atoms with Crippen LogP contribution in [0.25, 0.3) is 0 Å². The van der Waals surface area contributed by atoms with Crippen LogP contribution < -0.4 is 0 Å². The fraction of sp³-hybridized carbons (Fsp3) is 0.784. The van der Waals surface area contributed by atoms with E-state index in [1.165, 1.54) is 25.2 Å². The topological polar surface area (TPSA) is 205 Å². The highest BCUT2D eigenvalue weighted by atomic mass is 16.7. The molecule has 66 heavy (non-hydrogen) atoms. The summed E-state index contributed by atoms with van der Waals surface area (Å²) in [5.74, 6) is -8.87. The number of cyclic esters (lactones) is 1. The van der Waals surface area contributed by atoms with Gasteiger partial charge in [0.25, 0.3) is 11.7 Å². The monoisotopic (exact) mass is 932 g/mol. The summed E-state index contributed by atoms with van der Waals surface area (Å²) >= 11 is 0. The third kappa shape index (κ3) is 14.8. The number of ketones is 2. The number of unbranched alkanes of at least 4 members (excludes halogenated alkanes) is 3. The second-order valence-electron chi connectivity index (χ2n) is 19.6. The molecule has 2 bridgehead atoms. The van der Waals surface area contributed by atoms with Crippen LogP contribution in [0.5, 0.6) is 0 Å². The van der Waals surface area contributed by atoms with Gasteiger partial charge in [0.15, 0.2) is 0 Å². The SMILES string of the molecule is CCCCCCOC(=O)/C=C/C[C@@H]1/C=C(\C)C[C@H](C)C[C@H](OC)[C@H]2O[C@@](O)(C(=O)C(=O)N3CCCC[C@H]3C(=O)O[C@H](/C(C)=C/[C@@H]3CC[C@@H](O)[C@H](OC)C3)[C@H](C)[C@@H](O)CC1=O)[C@H](C)C[C@@H]2OC. The quantitative estimate of drug-likeness (QED) is 0.0625. The highest BCUT2D eigenvalue weighted by molar-refractivity contribution is 6.39. The lowest BCUT2D eigenvalue weighted by molar-refractivity contribution is -0.302. The number of aliphatic hydroxyl groups is 3. The Bertz CT molecular complexity index is 1710. The number of amides is 1. The third-order valence-electron chi connectivity index (χ3n) is 14.3. The second-order valence-corrected chi connectivity index (χ2v) is 19.6. The molecule has 4 aliphatic rings. The predicted octanol–water partition coefficient (Wildman–Crippen LogP) is 6.13. The maximum absolute atomic E-state index is 14.5. The van der Waals surface area contributed by atoms with Crippen LogP contribution in [0, 0.1) is 29.6 Å². The van der Waals surface area contributed by atoms with Crippen molar-refractivity contribution in [2.45, 2.75) is 192 Å². The fourth-order valence-electron chi connectivity index (χ4n) is 10.3. The number of allylic oxidation sites excluding steroid dienone is 4. The molecule has 0 aromatic carbocycles. The van der Waals surface area contributed by atoms with Gasteiger partial charge in [-0.05, 0) is 102 Å². The molecule has 2 saturated heterocycles. The number of carbonyl (C=O) groups is 5. The van der Waals surface area contributed by atoms with Crippen molar-refractivity contribution in [3.8, 4) is 0 Å². The van der Waals surface area contributed by atoms with Crippen LogP contribution in [0.1, 0.15) is 138 Å². The Hall–Kier alpha value is -3.31. The van der Waals surface area contributed by atoms with E-state index in [1.807, 2.05) is 26.0 Å². The first-order valence-corrected chi connectivity index (χ1v) is 24.5. The standard InChI is InChI=1S/C51H81NO14/c1-10-11-12-15-23-64-45(56)19-16-17-37-25-31(2)24-32(3)26-43(62-8)47-44(63-9)28-34(5)51(60,66-47)48(57)49(58)52-22-14-13-18-38(52)50(59)65-46(35(6)40(54)30-41(37)55)33(4)27-36-20-21-39(53)42(29-36)61-7/h16,19,25,27,32,34-40,42-44,46-47,53-54,60H,10-15,17-18,20-24,26,28-30H2,1-9H3/b19-16+,31-25+,33-27+/t32-,34+,35+,36-,37+,38-,39+,40-,42+,43-,44-,46+,47+,51+/m0/s1. The molecule has 3 heterocycles. The zero-order chi connectivity index (χ0) is 48.7. The van der Waals surface area contributed by atoms with Crippen molar-refractivity contribution in [1.82, 2.24) is 4.90 Å². The Morgan fingerprint density at radius 1 is 0.894 bits per heavy atom. The van der Waals surface area contributed by atoms with Crippen LogP contribution in [0.3, 0.4) is 0 Å². The average molecular weight is 932 g/mol.